The van der Waals surface area contributed by atoms with Gasteiger partial charge in [0.25, 0.3) is 5.91 Å². The fraction of sp³-hybridized carbons (Fsp3) is 0.429. The van der Waals surface area contributed by atoms with Crippen molar-refractivity contribution in [3.63, 3.8) is 0 Å². The Morgan fingerprint density at radius 2 is 2.10 bits per heavy atom. The summed E-state index contributed by atoms with van der Waals surface area (Å²) in [6.45, 7) is 1.66. The Morgan fingerprint density at radius 3 is 2.60 bits per heavy atom. The highest BCUT2D eigenvalue weighted by Gasteiger charge is 2.49. The van der Waals surface area contributed by atoms with Gasteiger partial charge in [0.15, 0.2) is 0 Å². The average Bonchev–Trinajstić information content (AvgIpc) is 3.25. The fourth-order valence-corrected chi connectivity index (χ4v) is 2.52. The summed E-state index contributed by atoms with van der Waals surface area (Å²) in [5, 5.41) is 2.71. The van der Waals surface area contributed by atoms with Crippen molar-refractivity contribution in [2.75, 3.05) is 7.11 Å². The van der Waals surface area contributed by atoms with Crippen molar-refractivity contribution >= 4 is 27.8 Å². The predicted octanol–water partition coefficient (Wildman–Crippen LogP) is 2.66. The topological polar surface area (TPSA) is 55.4 Å². The summed E-state index contributed by atoms with van der Waals surface area (Å²) in [6.07, 6.45) is 1.75. The van der Waals surface area contributed by atoms with Gasteiger partial charge in [0, 0.05) is 5.56 Å². The molecule has 0 aromatic heterocycles. The third-order valence-electron chi connectivity index (χ3n) is 3.56. The molecule has 0 aliphatic heterocycles. The summed E-state index contributed by atoms with van der Waals surface area (Å²) in [5.74, 6) is -1.25. The largest absolute Gasteiger partial charge is 0.467 e. The molecular formula is C14H15BrFNO3. The molecule has 4 nitrogen and oxygen atoms in total. The lowest BCUT2D eigenvalue weighted by molar-refractivity contribution is -0.148. The summed E-state index contributed by atoms with van der Waals surface area (Å²) in [7, 11) is 1.30. The molecule has 108 valence electrons. The maximum atomic E-state index is 13.2. The van der Waals surface area contributed by atoms with Crippen LogP contribution in [0.4, 0.5) is 4.39 Å². The van der Waals surface area contributed by atoms with Crippen LogP contribution in [0.25, 0.3) is 0 Å². The van der Waals surface area contributed by atoms with Crippen molar-refractivity contribution in [3.05, 3.63) is 34.1 Å². The highest BCUT2D eigenvalue weighted by molar-refractivity contribution is 9.10. The third-order valence-corrected chi connectivity index (χ3v) is 4.17. The summed E-state index contributed by atoms with van der Waals surface area (Å²) < 4.78 is 18.1. The normalized spacial score (nSPS) is 17.2. The summed E-state index contributed by atoms with van der Waals surface area (Å²) in [6, 6.07) is 3.96. The highest BCUT2D eigenvalue weighted by atomic mass is 79.9. The maximum absolute atomic E-state index is 13.2. The van der Waals surface area contributed by atoms with Crippen LogP contribution >= 0.6 is 15.9 Å². The van der Waals surface area contributed by atoms with E-state index in [1.165, 1.54) is 25.3 Å². The van der Waals surface area contributed by atoms with Crippen LogP contribution in [0.1, 0.15) is 30.1 Å². The summed E-state index contributed by atoms with van der Waals surface area (Å²) in [4.78, 5) is 24.1. The van der Waals surface area contributed by atoms with Gasteiger partial charge in [0.2, 0.25) is 0 Å². The van der Waals surface area contributed by atoms with E-state index >= 15 is 0 Å². The second kappa shape index (κ2) is 5.52. The summed E-state index contributed by atoms with van der Waals surface area (Å²) in [5.41, 5.74) is -0.749. The first-order valence-corrected chi connectivity index (χ1v) is 7.03. The molecule has 1 aliphatic rings. The van der Waals surface area contributed by atoms with Crippen molar-refractivity contribution in [2.24, 2.45) is 5.92 Å². The van der Waals surface area contributed by atoms with E-state index in [9.17, 15) is 14.0 Å². The van der Waals surface area contributed by atoms with Gasteiger partial charge >= 0.3 is 5.97 Å². The Balaban J connectivity index is 2.20. The van der Waals surface area contributed by atoms with E-state index in [4.69, 9.17) is 4.74 Å². The second-order valence-corrected chi connectivity index (χ2v) is 5.91. The van der Waals surface area contributed by atoms with Crippen LogP contribution in [-0.4, -0.2) is 24.5 Å². The van der Waals surface area contributed by atoms with Crippen LogP contribution in [0.5, 0.6) is 0 Å². The van der Waals surface area contributed by atoms with E-state index in [2.05, 4.69) is 21.2 Å². The minimum Gasteiger partial charge on any atom is -0.467 e. The molecule has 1 fully saturated rings. The monoisotopic (exact) mass is 343 g/mol. The zero-order chi connectivity index (χ0) is 14.9. The van der Waals surface area contributed by atoms with E-state index in [0.717, 1.165) is 12.8 Å². The van der Waals surface area contributed by atoms with Gasteiger partial charge in [0.1, 0.15) is 11.4 Å². The number of esters is 1. The molecule has 1 aromatic carbocycles. The fourth-order valence-electron chi connectivity index (χ4n) is 2.14. The van der Waals surface area contributed by atoms with Gasteiger partial charge < -0.3 is 10.1 Å². The van der Waals surface area contributed by atoms with Gasteiger partial charge in [-0.15, -0.1) is 0 Å². The number of ether oxygens (including phenoxy) is 1. The van der Waals surface area contributed by atoms with Crippen molar-refractivity contribution in [2.45, 2.75) is 25.3 Å². The number of halogens is 2. The van der Waals surface area contributed by atoms with Gasteiger partial charge in [-0.25, -0.2) is 9.18 Å². The first-order chi connectivity index (χ1) is 9.38. The van der Waals surface area contributed by atoms with Gasteiger partial charge in [-0.1, -0.05) is 0 Å². The maximum Gasteiger partial charge on any atom is 0.331 e. The molecule has 0 bridgehead atoms. The van der Waals surface area contributed by atoms with Gasteiger partial charge in [0.05, 0.1) is 11.6 Å². The van der Waals surface area contributed by atoms with Crippen LogP contribution in [0.3, 0.4) is 0 Å². The third kappa shape index (κ3) is 2.85. The first kappa shape index (κ1) is 15.0. The Morgan fingerprint density at radius 1 is 1.45 bits per heavy atom. The molecule has 2 rings (SSSR count). The molecule has 1 aliphatic carbocycles. The van der Waals surface area contributed by atoms with Crippen LogP contribution in [0.2, 0.25) is 0 Å². The number of rotatable bonds is 4. The molecule has 0 spiro atoms. The molecule has 1 aromatic rings. The second-order valence-electron chi connectivity index (χ2n) is 5.05. The van der Waals surface area contributed by atoms with Crippen LogP contribution < -0.4 is 5.32 Å². The Bertz CT molecular complexity index is 559. The molecule has 1 N–H and O–H groups in total. The number of carbonyl (C=O) groups is 2. The van der Waals surface area contributed by atoms with Crippen LogP contribution in [0, 0.1) is 11.7 Å². The first-order valence-electron chi connectivity index (χ1n) is 6.24. The van der Waals surface area contributed by atoms with Crippen LogP contribution in [-0.2, 0) is 9.53 Å². The molecule has 0 saturated heterocycles. The molecule has 1 atom stereocenters. The molecule has 6 heteroatoms. The Labute approximate surface area is 124 Å². The van der Waals surface area contributed by atoms with Crippen molar-refractivity contribution in [1.82, 2.24) is 5.32 Å². The van der Waals surface area contributed by atoms with E-state index in [0.29, 0.717) is 0 Å². The molecule has 1 amide bonds. The molecule has 0 radical (unpaired) electrons. The van der Waals surface area contributed by atoms with Crippen LogP contribution in [0.15, 0.2) is 22.7 Å². The zero-order valence-electron chi connectivity index (χ0n) is 11.2. The quantitative estimate of drug-likeness (QED) is 0.855. The molecule has 1 saturated carbocycles. The lowest BCUT2D eigenvalue weighted by Crippen LogP contribution is -2.54. The van der Waals surface area contributed by atoms with E-state index in [1.54, 1.807) is 6.92 Å². The van der Waals surface area contributed by atoms with Gasteiger partial charge in [-0.05, 0) is 59.8 Å². The average molecular weight is 344 g/mol. The standard InChI is InChI=1S/C14H15BrFNO3/c1-14(9-4-5-9,13(19)20-2)17-12(18)8-3-6-11(16)10(15)7-8/h3,6-7,9H,4-5H2,1-2H3,(H,17,18)/t14-/m1/s1. The minimum absolute atomic E-state index is 0.0859. The van der Waals surface area contributed by atoms with Gasteiger partial charge in [-0.2, -0.15) is 0 Å². The van der Waals surface area contributed by atoms with Crippen molar-refractivity contribution in [3.8, 4) is 0 Å². The smallest absolute Gasteiger partial charge is 0.331 e. The number of hydrogen-bond donors (Lipinski definition) is 1. The zero-order valence-corrected chi connectivity index (χ0v) is 12.8. The Hall–Kier alpha value is -1.43. The van der Waals surface area contributed by atoms with Crippen molar-refractivity contribution < 1.29 is 18.7 Å². The highest BCUT2D eigenvalue weighted by Crippen LogP contribution is 2.40. The number of benzene rings is 1. The number of methoxy groups -OCH3 is 1. The lowest BCUT2D eigenvalue weighted by Gasteiger charge is -2.28. The van der Waals surface area contributed by atoms with E-state index in [-0.39, 0.29) is 16.0 Å². The summed E-state index contributed by atoms with van der Waals surface area (Å²) >= 11 is 3.03. The number of carbonyl (C=O) groups excluding carboxylic acids is 2. The Kier molecular flexibility index (Phi) is 4.13. The predicted molar refractivity (Wildman–Crippen MR) is 74.7 cm³/mol. The molecule has 20 heavy (non-hydrogen) atoms. The lowest BCUT2D eigenvalue weighted by atomic mass is 9.95. The SMILES string of the molecule is COC(=O)[C@](C)(NC(=O)c1ccc(F)c(Br)c1)C1CC1. The van der Waals surface area contributed by atoms with E-state index in [1.807, 2.05) is 0 Å². The minimum atomic E-state index is -1.04. The number of nitrogens with one attached hydrogen (secondary N) is 1. The molecular weight excluding hydrogens is 329 g/mol. The van der Waals surface area contributed by atoms with Gasteiger partial charge in [-0.3, -0.25) is 4.79 Å². The van der Waals surface area contributed by atoms with E-state index < -0.39 is 23.2 Å². The molecule has 0 heterocycles. The van der Waals surface area contributed by atoms with Crippen molar-refractivity contribution in [1.29, 1.82) is 0 Å². The molecule has 0 unspecified atom stereocenters. The number of amides is 1. The number of hydrogen-bond acceptors (Lipinski definition) is 3.